The summed E-state index contributed by atoms with van der Waals surface area (Å²) < 4.78 is 24.9. The summed E-state index contributed by atoms with van der Waals surface area (Å²) >= 11 is 0. The van der Waals surface area contributed by atoms with Gasteiger partial charge in [0.25, 0.3) is 0 Å². The van der Waals surface area contributed by atoms with Crippen LogP contribution in [0.2, 0.25) is 0 Å². The van der Waals surface area contributed by atoms with Gasteiger partial charge in [-0.2, -0.15) is 0 Å². The van der Waals surface area contributed by atoms with Crippen molar-refractivity contribution in [2.75, 3.05) is 5.75 Å². The number of rotatable bonds is 5. The molecule has 0 saturated heterocycles. The number of carboxylic acid groups (broad SMARTS) is 1. The molecule has 5 nitrogen and oxygen atoms in total. The van der Waals surface area contributed by atoms with E-state index in [9.17, 15) is 13.2 Å². The number of carboxylic acids is 1. The molecular weight excluding hydrogens is 194 g/mol. The number of aliphatic carboxylic acids is 1. The Hall–Kier alpha value is -0.620. The van der Waals surface area contributed by atoms with Gasteiger partial charge in [-0.3, -0.25) is 4.79 Å². The Kier molecular flexibility index (Phi) is 2.63. The molecule has 0 amide bonds. The van der Waals surface area contributed by atoms with Crippen LogP contribution in [-0.2, 0) is 14.8 Å². The summed E-state index contributed by atoms with van der Waals surface area (Å²) in [5.41, 5.74) is -0.308. The van der Waals surface area contributed by atoms with Gasteiger partial charge < -0.3 is 5.11 Å². The van der Waals surface area contributed by atoms with Gasteiger partial charge in [-0.25, -0.2) is 13.1 Å². The van der Waals surface area contributed by atoms with E-state index in [-0.39, 0.29) is 17.7 Å². The summed E-state index contributed by atoms with van der Waals surface area (Å²) in [5, 5.41) is 8.30. The minimum atomic E-state index is -3.40. The molecule has 6 heteroatoms. The average molecular weight is 207 g/mol. The van der Waals surface area contributed by atoms with E-state index in [4.69, 9.17) is 5.11 Å². The first kappa shape index (κ1) is 10.5. The number of hydrogen-bond donors (Lipinski definition) is 2. The van der Waals surface area contributed by atoms with E-state index in [0.717, 1.165) is 12.8 Å². The lowest BCUT2D eigenvalue weighted by Crippen LogP contribution is -2.36. The molecule has 0 bridgehead atoms. The van der Waals surface area contributed by atoms with Crippen LogP contribution in [0.1, 0.15) is 26.2 Å². The van der Waals surface area contributed by atoms with Crippen LogP contribution >= 0.6 is 0 Å². The molecule has 76 valence electrons. The van der Waals surface area contributed by atoms with Crippen molar-refractivity contribution in [2.24, 2.45) is 0 Å². The first-order valence-electron chi connectivity index (χ1n) is 4.06. The standard InChI is InChI=1S/C7H13NO4S/c1-7(3-4-7)8-13(11,12)5-2-6(9)10/h8H,2-5H2,1H3,(H,9,10). The first-order chi connectivity index (χ1) is 5.83. The molecule has 1 aliphatic carbocycles. The minimum absolute atomic E-state index is 0.308. The van der Waals surface area contributed by atoms with Gasteiger partial charge in [0.2, 0.25) is 10.0 Å². The third kappa shape index (κ3) is 3.73. The van der Waals surface area contributed by atoms with Crippen LogP contribution in [-0.4, -0.2) is 30.8 Å². The predicted molar refractivity (Wildman–Crippen MR) is 46.8 cm³/mol. The number of sulfonamides is 1. The van der Waals surface area contributed by atoms with Crippen molar-refractivity contribution in [3.8, 4) is 0 Å². The van der Waals surface area contributed by atoms with Gasteiger partial charge in [0, 0.05) is 5.54 Å². The Morgan fingerprint density at radius 1 is 1.54 bits per heavy atom. The normalized spacial score (nSPS) is 19.8. The maximum Gasteiger partial charge on any atom is 0.304 e. The fourth-order valence-electron chi connectivity index (χ4n) is 0.938. The van der Waals surface area contributed by atoms with Crippen LogP contribution in [0.25, 0.3) is 0 Å². The largest absolute Gasteiger partial charge is 0.481 e. The zero-order valence-electron chi connectivity index (χ0n) is 7.41. The highest BCUT2D eigenvalue weighted by Crippen LogP contribution is 2.35. The molecule has 0 aliphatic heterocycles. The molecule has 1 rings (SSSR count). The summed E-state index contributed by atoms with van der Waals surface area (Å²) in [6, 6.07) is 0. The third-order valence-corrected chi connectivity index (χ3v) is 3.53. The second kappa shape index (κ2) is 3.26. The van der Waals surface area contributed by atoms with Crippen molar-refractivity contribution in [2.45, 2.75) is 31.7 Å². The van der Waals surface area contributed by atoms with Crippen LogP contribution in [0.5, 0.6) is 0 Å². The zero-order valence-corrected chi connectivity index (χ0v) is 8.23. The van der Waals surface area contributed by atoms with E-state index in [1.807, 2.05) is 6.92 Å². The van der Waals surface area contributed by atoms with E-state index in [1.54, 1.807) is 0 Å². The lowest BCUT2D eigenvalue weighted by molar-refractivity contribution is -0.136. The average Bonchev–Trinajstić information content (AvgIpc) is 2.63. The molecule has 0 aromatic carbocycles. The van der Waals surface area contributed by atoms with E-state index in [0.29, 0.717) is 0 Å². The number of hydrogen-bond acceptors (Lipinski definition) is 3. The highest BCUT2D eigenvalue weighted by molar-refractivity contribution is 7.89. The molecule has 1 fully saturated rings. The van der Waals surface area contributed by atoms with E-state index < -0.39 is 16.0 Å². The maximum atomic E-state index is 11.2. The van der Waals surface area contributed by atoms with Crippen molar-refractivity contribution >= 4 is 16.0 Å². The summed E-state index contributed by atoms with van der Waals surface area (Å²) in [6.07, 6.45) is 1.32. The van der Waals surface area contributed by atoms with E-state index in [2.05, 4.69) is 4.72 Å². The Balaban J connectivity index is 2.42. The van der Waals surface area contributed by atoms with Crippen LogP contribution in [0.3, 0.4) is 0 Å². The molecular formula is C7H13NO4S. The van der Waals surface area contributed by atoms with Gasteiger partial charge in [0.15, 0.2) is 0 Å². The minimum Gasteiger partial charge on any atom is -0.481 e. The SMILES string of the molecule is CC1(NS(=O)(=O)CCC(=O)O)CC1. The smallest absolute Gasteiger partial charge is 0.304 e. The molecule has 1 aliphatic rings. The molecule has 2 N–H and O–H groups in total. The highest BCUT2D eigenvalue weighted by Gasteiger charge is 2.40. The van der Waals surface area contributed by atoms with Crippen LogP contribution in [0.15, 0.2) is 0 Å². The fourth-order valence-corrected chi connectivity index (χ4v) is 2.44. The highest BCUT2D eigenvalue weighted by atomic mass is 32.2. The Morgan fingerprint density at radius 2 is 2.08 bits per heavy atom. The molecule has 0 heterocycles. The van der Waals surface area contributed by atoms with Gasteiger partial charge in [-0.1, -0.05) is 0 Å². The van der Waals surface area contributed by atoms with Crippen LogP contribution < -0.4 is 4.72 Å². The van der Waals surface area contributed by atoms with Gasteiger partial charge in [-0.15, -0.1) is 0 Å². The van der Waals surface area contributed by atoms with Crippen molar-refractivity contribution in [3.63, 3.8) is 0 Å². The Bertz CT molecular complexity index is 304. The molecule has 1 saturated carbocycles. The quantitative estimate of drug-likeness (QED) is 0.661. The molecule has 0 unspecified atom stereocenters. The van der Waals surface area contributed by atoms with Crippen LogP contribution in [0.4, 0.5) is 0 Å². The van der Waals surface area contributed by atoms with Gasteiger partial charge in [0.1, 0.15) is 0 Å². The molecule has 0 aromatic rings. The monoisotopic (exact) mass is 207 g/mol. The van der Waals surface area contributed by atoms with Crippen molar-refractivity contribution in [1.29, 1.82) is 0 Å². The topological polar surface area (TPSA) is 83.5 Å². The molecule has 0 aromatic heterocycles. The molecule has 0 atom stereocenters. The Labute approximate surface area is 77.2 Å². The van der Waals surface area contributed by atoms with Gasteiger partial charge in [0.05, 0.1) is 12.2 Å². The molecule has 13 heavy (non-hydrogen) atoms. The second-order valence-electron chi connectivity index (χ2n) is 3.63. The number of carbonyl (C=O) groups is 1. The maximum absolute atomic E-state index is 11.2. The molecule has 0 spiro atoms. The first-order valence-corrected chi connectivity index (χ1v) is 5.72. The lowest BCUT2D eigenvalue weighted by Gasteiger charge is -2.10. The van der Waals surface area contributed by atoms with Crippen molar-refractivity contribution in [3.05, 3.63) is 0 Å². The third-order valence-electron chi connectivity index (χ3n) is 1.99. The van der Waals surface area contributed by atoms with Crippen molar-refractivity contribution < 1.29 is 18.3 Å². The lowest BCUT2D eigenvalue weighted by atomic mass is 10.4. The Morgan fingerprint density at radius 3 is 2.46 bits per heavy atom. The van der Waals surface area contributed by atoms with Crippen molar-refractivity contribution in [1.82, 2.24) is 4.72 Å². The summed E-state index contributed by atoms with van der Waals surface area (Å²) in [5.74, 6) is -1.43. The van der Waals surface area contributed by atoms with E-state index >= 15 is 0 Å². The summed E-state index contributed by atoms with van der Waals surface area (Å²) in [4.78, 5) is 10.1. The molecule has 0 radical (unpaired) electrons. The summed E-state index contributed by atoms with van der Waals surface area (Å²) in [7, 11) is -3.40. The van der Waals surface area contributed by atoms with E-state index in [1.165, 1.54) is 0 Å². The predicted octanol–water partition coefficient (Wildman–Crippen LogP) is -0.0670. The van der Waals surface area contributed by atoms with Gasteiger partial charge >= 0.3 is 5.97 Å². The second-order valence-corrected chi connectivity index (χ2v) is 5.47. The van der Waals surface area contributed by atoms with Crippen LogP contribution in [0, 0.1) is 0 Å². The van der Waals surface area contributed by atoms with Gasteiger partial charge in [-0.05, 0) is 19.8 Å². The fraction of sp³-hybridized carbons (Fsp3) is 0.857. The number of nitrogens with one attached hydrogen (secondary N) is 1. The summed E-state index contributed by atoms with van der Waals surface area (Å²) in [6.45, 7) is 1.81. The zero-order chi connectivity index (χ0) is 10.1.